The van der Waals surface area contributed by atoms with Crippen molar-refractivity contribution in [3.8, 4) is 0 Å². The summed E-state index contributed by atoms with van der Waals surface area (Å²) in [6.45, 7) is 5.46. The van der Waals surface area contributed by atoms with E-state index in [4.69, 9.17) is 4.74 Å². The van der Waals surface area contributed by atoms with Gasteiger partial charge in [-0.3, -0.25) is 10.1 Å². The molecule has 0 saturated heterocycles. The van der Waals surface area contributed by atoms with Gasteiger partial charge in [-0.05, 0) is 44.5 Å². The van der Waals surface area contributed by atoms with E-state index >= 15 is 0 Å². The second-order valence-electron chi connectivity index (χ2n) is 7.42. The number of nitrogens with zero attached hydrogens (tertiary/aromatic N) is 2. The highest BCUT2D eigenvalue weighted by molar-refractivity contribution is 5.85. The maximum absolute atomic E-state index is 12.2. The van der Waals surface area contributed by atoms with Gasteiger partial charge < -0.3 is 4.74 Å². The first-order chi connectivity index (χ1) is 12.7. The van der Waals surface area contributed by atoms with E-state index in [0.29, 0.717) is 17.5 Å². The van der Waals surface area contributed by atoms with Crippen LogP contribution in [0.4, 0.5) is 10.5 Å². The summed E-state index contributed by atoms with van der Waals surface area (Å²) in [5.74, 6) is 0. The van der Waals surface area contributed by atoms with Crippen molar-refractivity contribution >= 4 is 22.6 Å². The van der Waals surface area contributed by atoms with Crippen LogP contribution in [-0.4, -0.2) is 21.5 Å². The minimum atomic E-state index is -0.542. The van der Waals surface area contributed by atoms with Crippen molar-refractivity contribution in [3.63, 3.8) is 0 Å². The number of nitrogens with one attached hydrogen (secondary N) is 1. The third-order valence-corrected chi connectivity index (χ3v) is 4.00. The molecule has 1 heterocycles. The molecule has 0 bridgehead atoms. The number of anilines is 1. The summed E-state index contributed by atoms with van der Waals surface area (Å²) >= 11 is 0. The zero-order valence-electron chi connectivity index (χ0n) is 15.9. The summed E-state index contributed by atoms with van der Waals surface area (Å²) < 4.78 is 6.62. The molecule has 0 aliphatic heterocycles. The Bertz CT molecular complexity index is 1030. The van der Waals surface area contributed by atoms with Crippen LogP contribution in [0.2, 0.25) is 0 Å². The predicted molar refractivity (Wildman–Crippen MR) is 106 cm³/mol. The maximum Gasteiger partial charge on any atom is 0.412 e. The lowest BCUT2D eigenvalue weighted by Gasteiger charge is -2.19. The number of carbonyl (C=O) groups is 1. The smallest absolute Gasteiger partial charge is 0.412 e. The summed E-state index contributed by atoms with van der Waals surface area (Å²) in [6, 6.07) is 15.0. The monoisotopic (exact) mass is 365 g/mol. The number of aromatic nitrogens is 2. The Morgan fingerprint density at radius 1 is 1.07 bits per heavy atom. The van der Waals surface area contributed by atoms with Crippen LogP contribution in [0.1, 0.15) is 32.0 Å². The molecule has 0 aliphatic rings. The number of fused-ring (bicyclic) bond motifs is 1. The van der Waals surface area contributed by atoms with Crippen LogP contribution in [0.25, 0.3) is 10.8 Å². The average Bonchev–Trinajstić information content (AvgIpc) is 2.59. The van der Waals surface area contributed by atoms with Crippen LogP contribution in [0.15, 0.2) is 53.3 Å². The van der Waals surface area contributed by atoms with E-state index in [1.54, 1.807) is 7.05 Å². The van der Waals surface area contributed by atoms with E-state index in [-0.39, 0.29) is 5.56 Å². The Morgan fingerprint density at radius 2 is 1.70 bits per heavy atom. The van der Waals surface area contributed by atoms with Gasteiger partial charge in [-0.1, -0.05) is 30.3 Å². The minimum Gasteiger partial charge on any atom is -0.444 e. The molecule has 27 heavy (non-hydrogen) atoms. The maximum atomic E-state index is 12.2. The first-order valence-electron chi connectivity index (χ1n) is 8.77. The molecule has 0 spiro atoms. The normalized spacial score (nSPS) is 11.4. The van der Waals surface area contributed by atoms with Gasteiger partial charge in [0, 0.05) is 24.5 Å². The minimum absolute atomic E-state index is 0.105. The van der Waals surface area contributed by atoms with Crippen molar-refractivity contribution in [2.45, 2.75) is 32.8 Å². The number of rotatable bonds is 3. The Balaban J connectivity index is 1.80. The van der Waals surface area contributed by atoms with Gasteiger partial charge in [0.15, 0.2) is 0 Å². The van der Waals surface area contributed by atoms with Crippen LogP contribution in [0.5, 0.6) is 0 Å². The van der Waals surface area contributed by atoms with Crippen molar-refractivity contribution < 1.29 is 9.53 Å². The third-order valence-electron chi connectivity index (χ3n) is 4.00. The Labute approximate surface area is 157 Å². The van der Waals surface area contributed by atoms with Crippen LogP contribution in [0.3, 0.4) is 0 Å². The molecule has 1 aromatic heterocycles. The highest BCUT2D eigenvalue weighted by Gasteiger charge is 2.16. The van der Waals surface area contributed by atoms with E-state index in [9.17, 15) is 9.59 Å². The van der Waals surface area contributed by atoms with Crippen LogP contribution in [0, 0.1) is 0 Å². The molecule has 3 aromatic rings. The Morgan fingerprint density at radius 3 is 2.33 bits per heavy atom. The summed E-state index contributed by atoms with van der Waals surface area (Å²) in [5, 5.41) is 8.65. The molecule has 0 unspecified atom stereocenters. The van der Waals surface area contributed by atoms with Crippen LogP contribution >= 0.6 is 0 Å². The van der Waals surface area contributed by atoms with Gasteiger partial charge in [0.05, 0.1) is 11.1 Å². The first-order valence-corrected chi connectivity index (χ1v) is 8.77. The molecular weight excluding hydrogens is 342 g/mol. The third kappa shape index (κ3) is 4.53. The fourth-order valence-electron chi connectivity index (χ4n) is 2.83. The molecule has 0 radical (unpaired) electrons. The zero-order chi connectivity index (χ0) is 19.6. The van der Waals surface area contributed by atoms with Gasteiger partial charge in [0.2, 0.25) is 0 Å². The number of aryl methyl sites for hydroxylation is 1. The van der Waals surface area contributed by atoms with E-state index < -0.39 is 11.7 Å². The Hall–Kier alpha value is -3.15. The van der Waals surface area contributed by atoms with Gasteiger partial charge in [-0.15, -0.1) is 0 Å². The standard InChI is InChI=1S/C21H23N3O3/c1-21(2,3)27-20(26)22-15-11-9-14(10-12-15)13-18-16-7-5-6-8-17(16)19(25)24(4)23-18/h5-12H,13H2,1-4H3,(H,22,26). The fraction of sp³-hybridized carbons (Fsp3) is 0.286. The molecular formula is C21H23N3O3. The predicted octanol–water partition coefficient (Wildman–Crippen LogP) is 3.87. The molecule has 1 N–H and O–H groups in total. The van der Waals surface area contributed by atoms with Crippen molar-refractivity contribution in [2.24, 2.45) is 7.05 Å². The van der Waals surface area contributed by atoms with Crippen LogP contribution in [-0.2, 0) is 18.2 Å². The molecule has 0 saturated carbocycles. The molecule has 6 nitrogen and oxygen atoms in total. The molecule has 3 rings (SSSR count). The van der Waals surface area contributed by atoms with Gasteiger partial charge >= 0.3 is 6.09 Å². The second kappa shape index (κ2) is 7.23. The van der Waals surface area contributed by atoms with Crippen molar-refractivity contribution in [1.82, 2.24) is 9.78 Å². The molecule has 0 aliphatic carbocycles. The van der Waals surface area contributed by atoms with E-state index in [0.717, 1.165) is 16.6 Å². The summed E-state index contributed by atoms with van der Waals surface area (Å²) in [7, 11) is 1.66. The van der Waals surface area contributed by atoms with Gasteiger partial charge in [-0.2, -0.15) is 5.10 Å². The fourth-order valence-corrected chi connectivity index (χ4v) is 2.83. The molecule has 0 atom stereocenters. The molecule has 0 fully saturated rings. The number of hydrogen-bond donors (Lipinski definition) is 1. The quantitative estimate of drug-likeness (QED) is 0.765. The first kappa shape index (κ1) is 18.6. The number of amides is 1. The summed E-state index contributed by atoms with van der Waals surface area (Å²) in [5.41, 5.74) is 1.87. The lowest BCUT2D eigenvalue weighted by atomic mass is 10.0. The largest absolute Gasteiger partial charge is 0.444 e. The van der Waals surface area contributed by atoms with E-state index in [2.05, 4.69) is 10.4 Å². The lowest BCUT2D eigenvalue weighted by molar-refractivity contribution is 0.0636. The highest BCUT2D eigenvalue weighted by atomic mass is 16.6. The highest BCUT2D eigenvalue weighted by Crippen LogP contribution is 2.18. The number of benzene rings is 2. The second-order valence-corrected chi connectivity index (χ2v) is 7.42. The topological polar surface area (TPSA) is 73.2 Å². The van der Waals surface area contributed by atoms with E-state index in [1.807, 2.05) is 69.3 Å². The number of hydrogen-bond acceptors (Lipinski definition) is 4. The Kier molecular flexibility index (Phi) is 4.99. The summed E-state index contributed by atoms with van der Waals surface area (Å²) in [6.07, 6.45) is 0.0995. The molecule has 2 aromatic carbocycles. The number of ether oxygens (including phenoxy) is 1. The van der Waals surface area contributed by atoms with E-state index in [1.165, 1.54) is 4.68 Å². The van der Waals surface area contributed by atoms with Crippen LogP contribution < -0.4 is 10.9 Å². The summed E-state index contributed by atoms with van der Waals surface area (Å²) in [4.78, 5) is 24.1. The molecule has 140 valence electrons. The van der Waals surface area contributed by atoms with Crippen molar-refractivity contribution in [1.29, 1.82) is 0 Å². The average molecular weight is 365 g/mol. The number of carbonyl (C=O) groups excluding carboxylic acids is 1. The van der Waals surface area contributed by atoms with Crippen molar-refractivity contribution in [3.05, 3.63) is 70.1 Å². The zero-order valence-corrected chi connectivity index (χ0v) is 15.9. The molecule has 1 amide bonds. The van der Waals surface area contributed by atoms with Gasteiger partial charge in [0.1, 0.15) is 5.60 Å². The SMILES string of the molecule is Cn1nc(Cc2ccc(NC(=O)OC(C)(C)C)cc2)c2ccccc2c1=O. The lowest BCUT2D eigenvalue weighted by Crippen LogP contribution is -2.27. The van der Waals surface area contributed by atoms with Crippen molar-refractivity contribution in [2.75, 3.05) is 5.32 Å². The van der Waals surface area contributed by atoms with Gasteiger partial charge in [0.25, 0.3) is 5.56 Å². The molecule has 6 heteroatoms. The van der Waals surface area contributed by atoms with Gasteiger partial charge in [-0.25, -0.2) is 9.48 Å².